The highest BCUT2D eigenvalue weighted by molar-refractivity contribution is 9.09. The minimum absolute atomic E-state index is 0.0205. The quantitative estimate of drug-likeness (QED) is 0.857. The molecule has 1 heterocycles. The van der Waals surface area contributed by atoms with Gasteiger partial charge in [0.05, 0.1) is 12.4 Å². The number of thiophene rings is 1. The first-order chi connectivity index (χ1) is 8.74. The Kier molecular flexibility index (Phi) is 4.60. The standard InChI is InChI=1S/C13H14BrNO2S/c1-17-10-2-3-12-11(6-10)9(8-18-12)4-5-15-13(16)7-14/h2-3,6,8H,4-5,7H2,1H3,(H,15,16). The minimum atomic E-state index is 0.0205. The van der Waals surface area contributed by atoms with Crippen LogP contribution in [0.5, 0.6) is 5.75 Å². The largest absolute Gasteiger partial charge is 0.497 e. The number of hydrogen-bond acceptors (Lipinski definition) is 3. The molecule has 0 radical (unpaired) electrons. The van der Waals surface area contributed by atoms with Crippen LogP contribution in [0.4, 0.5) is 0 Å². The minimum Gasteiger partial charge on any atom is -0.497 e. The number of carbonyl (C=O) groups excluding carboxylic acids is 1. The molecular formula is C13H14BrNO2S. The fourth-order valence-electron chi connectivity index (χ4n) is 1.77. The van der Waals surface area contributed by atoms with Gasteiger partial charge in [-0.25, -0.2) is 0 Å². The van der Waals surface area contributed by atoms with Gasteiger partial charge in [0.2, 0.25) is 5.91 Å². The monoisotopic (exact) mass is 327 g/mol. The van der Waals surface area contributed by atoms with E-state index in [2.05, 4.69) is 32.7 Å². The number of ether oxygens (including phenoxy) is 1. The molecule has 1 aromatic carbocycles. The zero-order valence-corrected chi connectivity index (χ0v) is 12.4. The molecule has 0 unspecified atom stereocenters. The number of rotatable bonds is 5. The third-order valence-corrected chi connectivity index (χ3v) is 4.22. The molecule has 0 aliphatic heterocycles. The molecule has 0 saturated carbocycles. The van der Waals surface area contributed by atoms with Crippen LogP contribution in [0.2, 0.25) is 0 Å². The maximum absolute atomic E-state index is 11.1. The van der Waals surface area contributed by atoms with Crippen molar-refractivity contribution in [3.05, 3.63) is 29.1 Å². The van der Waals surface area contributed by atoms with Crippen LogP contribution < -0.4 is 10.1 Å². The highest BCUT2D eigenvalue weighted by Crippen LogP contribution is 2.29. The molecule has 0 saturated heterocycles. The zero-order valence-electron chi connectivity index (χ0n) is 10.0. The van der Waals surface area contributed by atoms with E-state index in [0.29, 0.717) is 11.9 Å². The van der Waals surface area contributed by atoms with Crippen molar-refractivity contribution in [1.82, 2.24) is 5.32 Å². The summed E-state index contributed by atoms with van der Waals surface area (Å²) in [5, 5.41) is 6.56. The van der Waals surface area contributed by atoms with Crippen LogP contribution in [0, 0.1) is 0 Å². The Labute approximate surface area is 118 Å². The first kappa shape index (κ1) is 13.4. The Morgan fingerprint density at radius 3 is 3.06 bits per heavy atom. The number of amides is 1. The molecule has 0 aliphatic carbocycles. The topological polar surface area (TPSA) is 38.3 Å². The lowest BCUT2D eigenvalue weighted by molar-refractivity contribution is -0.118. The van der Waals surface area contributed by atoms with Crippen molar-refractivity contribution in [2.75, 3.05) is 19.0 Å². The smallest absolute Gasteiger partial charge is 0.230 e. The Morgan fingerprint density at radius 2 is 2.33 bits per heavy atom. The summed E-state index contributed by atoms with van der Waals surface area (Å²) in [6.07, 6.45) is 0.839. The van der Waals surface area contributed by atoms with Gasteiger partial charge in [-0.1, -0.05) is 15.9 Å². The van der Waals surface area contributed by atoms with E-state index in [1.54, 1.807) is 18.4 Å². The van der Waals surface area contributed by atoms with Gasteiger partial charge in [0.15, 0.2) is 0 Å². The van der Waals surface area contributed by atoms with E-state index in [9.17, 15) is 4.79 Å². The summed E-state index contributed by atoms with van der Waals surface area (Å²) in [6.45, 7) is 0.660. The number of carbonyl (C=O) groups is 1. The van der Waals surface area contributed by atoms with Crippen molar-refractivity contribution in [2.45, 2.75) is 6.42 Å². The van der Waals surface area contributed by atoms with Gasteiger partial charge in [0.25, 0.3) is 0 Å². The van der Waals surface area contributed by atoms with Crippen molar-refractivity contribution in [2.24, 2.45) is 0 Å². The number of fused-ring (bicyclic) bond motifs is 1. The van der Waals surface area contributed by atoms with Crippen molar-refractivity contribution in [1.29, 1.82) is 0 Å². The van der Waals surface area contributed by atoms with Gasteiger partial charge in [0.1, 0.15) is 5.75 Å². The van der Waals surface area contributed by atoms with E-state index in [1.165, 1.54) is 15.6 Å². The molecule has 2 rings (SSSR count). The van der Waals surface area contributed by atoms with Crippen LogP contribution in [0.1, 0.15) is 5.56 Å². The van der Waals surface area contributed by atoms with Crippen LogP contribution in [0.15, 0.2) is 23.6 Å². The summed E-state index contributed by atoms with van der Waals surface area (Å²) in [5.41, 5.74) is 1.25. The van der Waals surface area contributed by atoms with Crippen LogP contribution in [-0.4, -0.2) is 24.9 Å². The third kappa shape index (κ3) is 3.03. The third-order valence-electron chi connectivity index (χ3n) is 2.70. The van der Waals surface area contributed by atoms with Gasteiger partial charge in [-0.15, -0.1) is 11.3 Å². The fraction of sp³-hybridized carbons (Fsp3) is 0.308. The second-order valence-electron chi connectivity index (χ2n) is 3.86. The van der Waals surface area contributed by atoms with Crippen LogP contribution in [0.3, 0.4) is 0 Å². The molecule has 1 aromatic heterocycles. The lowest BCUT2D eigenvalue weighted by Gasteiger charge is -2.03. The van der Waals surface area contributed by atoms with E-state index in [0.717, 1.165) is 12.2 Å². The summed E-state index contributed by atoms with van der Waals surface area (Å²) in [4.78, 5) is 11.1. The molecule has 5 heteroatoms. The molecule has 96 valence electrons. The van der Waals surface area contributed by atoms with Crippen molar-refractivity contribution in [3.63, 3.8) is 0 Å². The Hall–Kier alpha value is -1.07. The van der Waals surface area contributed by atoms with E-state index >= 15 is 0 Å². The second kappa shape index (κ2) is 6.20. The van der Waals surface area contributed by atoms with Gasteiger partial charge in [-0.3, -0.25) is 4.79 Å². The van der Waals surface area contributed by atoms with E-state index in [-0.39, 0.29) is 5.91 Å². The van der Waals surface area contributed by atoms with Gasteiger partial charge >= 0.3 is 0 Å². The molecule has 18 heavy (non-hydrogen) atoms. The van der Waals surface area contributed by atoms with E-state index in [4.69, 9.17) is 4.74 Å². The first-order valence-corrected chi connectivity index (χ1v) is 7.61. The lowest BCUT2D eigenvalue weighted by atomic mass is 10.1. The van der Waals surface area contributed by atoms with E-state index < -0.39 is 0 Å². The van der Waals surface area contributed by atoms with Crippen LogP contribution >= 0.6 is 27.3 Å². The van der Waals surface area contributed by atoms with Crippen LogP contribution in [-0.2, 0) is 11.2 Å². The average Bonchev–Trinajstić information content (AvgIpc) is 2.81. The molecule has 0 fully saturated rings. The number of methoxy groups -OCH3 is 1. The summed E-state index contributed by atoms with van der Waals surface area (Å²) < 4.78 is 6.48. The fourth-order valence-corrected chi connectivity index (χ4v) is 2.94. The average molecular weight is 328 g/mol. The van der Waals surface area contributed by atoms with Crippen LogP contribution in [0.25, 0.3) is 10.1 Å². The second-order valence-corrected chi connectivity index (χ2v) is 5.33. The molecule has 0 atom stereocenters. The Morgan fingerprint density at radius 1 is 1.50 bits per heavy atom. The Bertz CT molecular complexity index is 553. The summed E-state index contributed by atoms with van der Waals surface area (Å²) in [6, 6.07) is 6.09. The number of benzene rings is 1. The van der Waals surface area contributed by atoms with E-state index in [1.807, 2.05) is 12.1 Å². The molecular weight excluding hydrogens is 314 g/mol. The number of hydrogen-bond donors (Lipinski definition) is 1. The molecule has 3 nitrogen and oxygen atoms in total. The first-order valence-electron chi connectivity index (χ1n) is 5.61. The lowest BCUT2D eigenvalue weighted by Crippen LogP contribution is -2.26. The normalized spacial score (nSPS) is 10.6. The highest BCUT2D eigenvalue weighted by Gasteiger charge is 2.06. The maximum Gasteiger partial charge on any atom is 0.230 e. The van der Waals surface area contributed by atoms with Crippen molar-refractivity contribution >= 4 is 43.3 Å². The summed E-state index contributed by atoms with van der Waals surface area (Å²) in [5.74, 6) is 0.888. The Balaban J connectivity index is 2.10. The summed E-state index contributed by atoms with van der Waals surface area (Å²) >= 11 is 4.85. The van der Waals surface area contributed by atoms with Gasteiger partial charge in [-0.2, -0.15) is 0 Å². The number of halogens is 1. The maximum atomic E-state index is 11.1. The predicted molar refractivity (Wildman–Crippen MR) is 78.9 cm³/mol. The van der Waals surface area contributed by atoms with Gasteiger partial charge < -0.3 is 10.1 Å². The zero-order chi connectivity index (χ0) is 13.0. The number of nitrogens with one attached hydrogen (secondary N) is 1. The molecule has 0 aliphatic rings. The van der Waals surface area contributed by atoms with Gasteiger partial charge in [0, 0.05) is 11.2 Å². The van der Waals surface area contributed by atoms with Crippen molar-refractivity contribution < 1.29 is 9.53 Å². The SMILES string of the molecule is COc1ccc2scc(CCNC(=O)CBr)c2c1. The van der Waals surface area contributed by atoms with Crippen molar-refractivity contribution in [3.8, 4) is 5.75 Å². The van der Waals surface area contributed by atoms with Gasteiger partial charge in [-0.05, 0) is 40.9 Å². The molecule has 1 amide bonds. The highest BCUT2D eigenvalue weighted by atomic mass is 79.9. The molecule has 1 N–H and O–H groups in total. The molecule has 0 spiro atoms. The predicted octanol–water partition coefficient (Wildman–Crippen LogP) is 2.96. The molecule has 2 aromatic rings. The summed E-state index contributed by atoms with van der Waals surface area (Å²) in [7, 11) is 1.67. The molecule has 0 bridgehead atoms. The number of alkyl halides is 1.